The van der Waals surface area contributed by atoms with Gasteiger partial charge in [-0.3, -0.25) is 10.1 Å². The number of amides is 3. The fraction of sp³-hybridized carbons (Fsp3) is 0.304. The number of aryl methyl sites for hydroxylation is 1. The van der Waals surface area contributed by atoms with Crippen molar-refractivity contribution < 1.29 is 19.4 Å². The van der Waals surface area contributed by atoms with Gasteiger partial charge in [0.05, 0.1) is 12.8 Å². The lowest BCUT2D eigenvalue weighted by Gasteiger charge is -2.36. The quantitative estimate of drug-likeness (QED) is 0.456. The molecule has 0 bridgehead atoms. The first-order chi connectivity index (χ1) is 15.9. The van der Waals surface area contributed by atoms with Crippen molar-refractivity contribution in [2.24, 2.45) is 10.1 Å². The number of phenolic OH excluding ortho intramolecular Hbond substituents is 1. The lowest BCUT2D eigenvalue weighted by molar-refractivity contribution is -0.127. The van der Waals surface area contributed by atoms with Gasteiger partial charge in [0.1, 0.15) is 0 Å². The molecule has 1 saturated heterocycles. The van der Waals surface area contributed by atoms with Gasteiger partial charge in [-0.05, 0) is 43.2 Å². The number of ether oxygens (including phenoxy) is 1. The Labute approximate surface area is 191 Å². The molecule has 4 rings (SSSR count). The van der Waals surface area contributed by atoms with Crippen molar-refractivity contribution in [2.75, 3.05) is 13.7 Å². The van der Waals surface area contributed by atoms with Crippen molar-refractivity contribution in [3.63, 3.8) is 0 Å². The zero-order valence-electron chi connectivity index (χ0n) is 18.6. The van der Waals surface area contributed by atoms with Crippen molar-refractivity contribution in [2.45, 2.75) is 32.6 Å². The van der Waals surface area contributed by atoms with E-state index in [2.05, 4.69) is 20.8 Å². The van der Waals surface area contributed by atoms with Crippen LogP contribution in [0.15, 0.2) is 52.6 Å². The number of nitrogens with one attached hydrogen (secondary N) is 2. The fourth-order valence-electron chi connectivity index (χ4n) is 3.73. The number of hydrogen-bond acceptors (Lipinski definition) is 8. The predicted octanol–water partition coefficient (Wildman–Crippen LogP) is 1.77. The summed E-state index contributed by atoms with van der Waals surface area (Å²) < 4.78 is 5.40. The summed E-state index contributed by atoms with van der Waals surface area (Å²) in [5.74, 6) is 0.389. The van der Waals surface area contributed by atoms with Crippen LogP contribution in [0.2, 0.25) is 0 Å². The van der Waals surface area contributed by atoms with Gasteiger partial charge in [-0.15, -0.1) is 0 Å². The van der Waals surface area contributed by atoms with Gasteiger partial charge in [0.2, 0.25) is 5.96 Å². The van der Waals surface area contributed by atoms with E-state index in [0.29, 0.717) is 30.4 Å². The third-order valence-electron chi connectivity index (χ3n) is 5.50. The van der Waals surface area contributed by atoms with E-state index in [1.807, 2.05) is 38.1 Å². The average Bonchev–Trinajstić information content (AvgIpc) is 3.15. The molecular weight excluding hydrogens is 424 g/mol. The predicted molar refractivity (Wildman–Crippen MR) is 123 cm³/mol. The highest BCUT2D eigenvalue weighted by molar-refractivity contribution is 6.03. The minimum Gasteiger partial charge on any atom is -0.504 e. The maximum absolute atomic E-state index is 12.7. The number of carbonyl (C=O) groups is 2. The summed E-state index contributed by atoms with van der Waals surface area (Å²) in [6, 6.07) is 11.7. The molecule has 2 aliphatic heterocycles. The molecule has 0 spiro atoms. The summed E-state index contributed by atoms with van der Waals surface area (Å²) in [4.78, 5) is 32.6. The van der Waals surface area contributed by atoms with Gasteiger partial charge in [0.15, 0.2) is 23.7 Å². The summed E-state index contributed by atoms with van der Waals surface area (Å²) in [5.41, 5.74) is 5.75. The van der Waals surface area contributed by atoms with Gasteiger partial charge >= 0.3 is 6.03 Å². The van der Waals surface area contributed by atoms with Crippen LogP contribution < -0.4 is 15.5 Å². The van der Waals surface area contributed by atoms with E-state index in [4.69, 9.17) is 4.74 Å². The van der Waals surface area contributed by atoms with Crippen molar-refractivity contribution in [3.05, 3.63) is 59.2 Å². The van der Waals surface area contributed by atoms with Crippen LogP contribution in [-0.4, -0.2) is 64.9 Å². The Morgan fingerprint density at radius 2 is 2.00 bits per heavy atom. The molecule has 0 aliphatic carbocycles. The van der Waals surface area contributed by atoms with E-state index < -0.39 is 24.1 Å². The second kappa shape index (κ2) is 9.19. The number of aliphatic imine (C=N–C) groups is 1. The molecule has 10 nitrogen and oxygen atoms in total. The molecule has 0 aromatic heterocycles. The lowest BCUT2D eigenvalue weighted by atomic mass is 10.1. The summed E-state index contributed by atoms with van der Waals surface area (Å²) in [6.45, 7) is 4.68. The van der Waals surface area contributed by atoms with Crippen LogP contribution in [0.25, 0.3) is 0 Å². The first-order valence-corrected chi connectivity index (χ1v) is 10.6. The molecule has 2 aromatic rings. The van der Waals surface area contributed by atoms with E-state index in [9.17, 15) is 14.7 Å². The molecule has 2 unspecified atom stereocenters. The number of phenols is 1. The van der Waals surface area contributed by atoms with Gasteiger partial charge < -0.3 is 19.6 Å². The van der Waals surface area contributed by atoms with Crippen LogP contribution in [0.1, 0.15) is 23.6 Å². The number of urea groups is 1. The highest BCUT2D eigenvalue weighted by Crippen LogP contribution is 2.27. The van der Waals surface area contributed by atoms with Crippen LogP contribution in [0.3, 0.4) is 0 Å². The minimum atomic E-state index is -0.676. The molecule has 2 aromatic carbocycles. The standard InChI is InChI=1S/C23H26N6O4/c1-4-33-18-11-16(9-10-17(18)30)12-24-27-22-25-20-19(21(31)26-23(32)28(20)3)29(22)13-15-7-5-14(2)6-8-15/h5-12,19-20,30H,4,13H2,1-3H3,(H,25,27)(H,26,31,32)/b24-12+. The van der Waals surface area contributed by atoms with Crippen molar-refractivity contribution in [3.8, 4) is 11.5 Å². The summed E-state index contributed by atoms with van der Waals surface area (Å²) in [5, 5.41) is 16.5. The van der Waals surface area contributed by atoms with Crippen LogP contribution >= 0.6 is 0 Å². The first-order valence-electron chi connectivity index (χ1n) is 10.6. The molecular formula is C23H26N6O4. The minimum absolute atomic E-state index is 0.0502. The molecule has 0 saturated carbocycles. The summed E-state index contributed by atoms with van der Waals surface area (Å²) in [6.07, 6.45) is 0.901. The average molecular weight is 450 g/mol. The number of guanidine groups is 1. The molecule has 33 heavy (non-hydrogen) atoms. The molecule has 3 amide bonds. The topological polar surface area (TPSA) is 119 Å². The molecule has 172 valence electrons. The van der Waals surface area contributed by atoms with Crippen LogP contribution in [0.5, 0.6) is 11.5 Å². The van der Waals surface area contributed by atoms with Crippen molar-refractivity contribution in [1.29, 1.82) is 0 Å². The highest BCUT2D eigenvalue weighted by atomic mass is 16.5. The Balaban J connectivity index is 1.57. The molecule has 0 radical (unpaired) electrons. The maximum atomic E-state index is 12.7. The Kier molecular flexibility index (Phi) is 6.16. The Bertz CT molecular complexity index is 1110. The second-order valence-electron chi connectivity index (χ2n) is 7.86. The number of fused-ring (bicyclic) bond motifs is 1. The van der Waals surface area contributed by atoms with Gasteiger partial charge in [0.25, 0.3) is 5.91 Å². The number of imide groups is 1. The van der Waals surface area contributed by atoms with Crippen LogP contribution in [-0.2, 0) is 11.3 Å². The number of hydrogen-bond donors (Lipinski definition) is 3. The molecule has 10 heteroatoms. The first kappa shape index (κ1) is 22.1. The Morgan fingerprint density at radius 1 is 1.24 bits per heavy atom. The SMILES string of the molecule is CCOc1cc(/C=N/NC2=NC3C(C(=O)NC(=O)N3C)N2Cc2ccc(C)cc2)ccc1O. The van der Waals surface area contributed by atoms with Crippen LogP contribution in [0, 0.1) is 6.92 Å². The molecule has 2 aliphatic rings. The number of aromatic hydroxyl groups is 1. The van der Waals surface area contributed by atoms with E-state index in [1.165, 1.54) is 11.0 Å². The lowest BCUT2D eigenvalue weighted by Crippen LogP contribution is -2.63. The van der Waals surface area contributed by atoms with Gasteiger partial charge in [0, 0.05) is 13.6 Å². The molecule has 3 N–H and O–H groups in total. The molecule has 2 heterocycles. The van der Waals surface area contributed by atoms with E-state index in [-0.39, 0.29) is 5.75 Å². The van der Waals surface area contributed by atoms with E-state index in [1.54, 1.807) is 30.3 Å². The zero-order chi connectivity index (χ0) is 23.5. The number of nitrogens with zero attached hydrogens (tertiary/aromatic N) is 4. The monoisotopic (exact) mass is 450 g/mol. The summed E-state index contributed by atoms with van der Waals surface area (Å²) in [7, 11) is 1.60. The third kappa shape index (κ3) is 4.59. The third-order valence-corrected chi connectivity index (χ3v) is 5.50. The number of likely N-dealkylation sites (N-methyl/N-ethyl adjacent to an activating group) is 1. The molecule has 1 fully saturated rings. The molecule has 2 atom stereocenters. The van der Waals surface area contributed by atoms with E-state index >= 15 is 0 Å². The highest BCUT2D eigenvalue weighted by Gasteiger charge is 2.48. The normalized spacial score (nSPS) is 20.0. The summed E-state index contributed by atoms with van der Waals surface area (Å²) >= 11 is 0. The second-order valence-corrected chi connectivity index (χ2v) is 7.86. The number of carbonyl (C=O) groups excluding carboxylic acids is 2. The van der Waals surface area contributed by atoms with Gasteiger partial charge in [-0.2, -0.15) is 5.10 Å². The van der Waals surface area contributed by atoms with Crippen molar-refractivity contribution in [1.82, 2.24) is 20.5 Å². The maximum Gasteiger partial charge on any atom is 0.325 e. The number of hydrazone groups is 1. The Hall–Kier alpha value is -4.08. The number of rotatable bonds is 6. The Morgan fingerprint density at radius 3 is 2.73 bits per heavy atom. The fourth-order valence-corrected chi connectivity index (χ4v) is 3.73. The van der Waals surface area contributed by atoms with Crippen molar-refractivity contribution >= 4 is 24.1 Å². The van der Waals surface area contributed by atoms with E-state index in [0.717, 1.165) is 11.1 Å². The van der Waals surface area contributed by atoms with Gasteiger partial charge in [-0.1, -0.05) is 29.8 Å². The number of benzene rings is 2. The largest absolute Gasteiger partial charge is 0.504 e. The zero-order valence-corrected chi connectivity index (χ0v) is 18.6. The van der Waals surface area contributed by atoms with Crippen LogP contribution in [0.4, 0.5) is 4.79 Å². The van der Waals surface area contributed by atoms with Gasteiger partial charge in [-0.25, -0.2) is 15.2 Å². The smallest absolute Gasteiger partial charge is 0.325 e.